The van der Waals surface area contributed by atoms with Crippen LogP contribution in [0.4, 0.5) is 10.2 Å². The Bertz CT molecular complexity index is 433. The van der Waals surface area contributed by atoms with Crippen molar-refractivity contribution in [3.8, 4) is 0 Å². The molecule has 1 amide bonds. The largest absolute Gasteiger partial charge is 0.383 e. The number of rotatable bonds is 2. The van der Waals surface area contributed by atoms with E-state index in [9.17, 15) is 9.18 Å². The number of likely N-dealkylation sites (N-methyl/N-ethyl adjacent to an activating group) is 1. The maximum atomic E-state index is 13.0. The molecule has 1 aromatic heterocycles. The summed E-state index contributed by atoms with van der Waals surface area (Å²) < 4.78 is 18.2. The van der Waals surface area contributed by atoms with Crippen molar-refractivity contribution < 1.29 is 13.9 Å². The van der Waals surface area contributed by atoms with Crippen molar-refractivity contribution in [1.82, 2.24) is 9.88 Å². The van der Waals surface area contributed by atoms with Gasteiger partial charge in [0.2, 0.25) is 0 Å². The molecule has 1 aromatic rings. The van der Waals surface area contributed by atoms with Crippen molar-refractivity contribution in [2.45, 2.75) is 12.5 Å². The van der Waals surface area contributed by atoms with Crippen molar-refractivity contribution in [2.75, 3.05) is 26.0 Å². The fraction of sp³-hybridized carbons (Fsp3) is 0.455. The van der Waals surface area contributed by atoms with Crippen LogP contribution in [0, 0.1) is 5.82 Å². The lowest BCUT2D eigenvalue weighted by Gasteiger charge is -2.23. The van der Waals surface area contributed by atoms with Gasteiger partial charge in [-0.1, -0.05) is 0 Å². The van der Waals surface area contributed by atoms with Crippen LogP contribution in [0.2, 0.25) is 0 Å². The Morgan fingerprint density at radius 3 is 3.12 bits per heavy atom. The lowest BCUT2D eigenvalue weighted by Crippen LogP contribution is -2.37. The average Bonchev–Trinajstić information content (AvgIpc) is 2.84. The summed E-state index contributed by atoms with van der Waals surface area (Å²) in [6, 6.07) is 1.13. The first-order valence-electron chi connectivity index (χ1n) is 5.35. The van der Waals surface area contributed by atoms with Crippen molar-refractivity contribution in [3.63, 3.8) is 0 Å². The summed E-state index contributed by atoms with van der Waals surface area (Å²) in [5.74, 6) is -0.856. The van der Waals surface area contributed by atoms with E-state index in [1.54, 1.807) is 7.05 Å². The third-order valence-electron chi connectivity index (χ3n) is 2.89. The van der Waals surface area contributed by atoms with Crippen molar-refractivity contribution in [3.05, 3.63) is 23.6 Å². The van der Waals surface area contributed by atoms with Gasteiger partial charge in [-0.05, 0) is 12.5 Å². The molecule has 1 aliphatic rings. The standard InChI is InChI=1S/C11H14FN3O2/c1-15(8-2-3-17-6-8)11(16)9-4-7(12)5-14-10(9)13/h4-5,8H,2-3,6H2,1H3,(H2,13,14). The van der Waals surface area contributed by atoms with Crippen LogP contribution in [0.15, 0.2) is 12.3 Å². The molecule has 1 fully saturated rings. The summed E-state index contributed by atoms with van der Waals surface area (Å²) >= 11 is 0. The number of aromatic nitrogens is 1. The minimum Gasteiger partial charge on any atom is -0.383 e. The van der Waals surface area contributed by atoms with E-state index in [-0.39, 0.29) is 23.3 Å². The van der Waals surface area contributed by atoms with Gasteiger partial charge in [-0.15, -0.1) is 0 Å². The Labute approximate surface area is 98.4 Å². The number of halogens is 1. The van der Waals surface area contributed by atoms with Crippen LogP contribution < -0.4 is 5.73 Å². The number of carbonyl (C=O) groups excluding carboxylic acids is 1. The van der Waals surface area contributed by atoms with Gasteiger partial charge in [-0.3, -0.25) is 4.79 Å². The first-order chi connectivity index (χ1) is 8.09. The normalized spacial score (nSPS) is 19.3. The van der Waals surface area contributed by atoms with Gasteiger partial charge in [0.1, 0.15) is 11.6 Å². The molecule has 0 bridgehead atoms. The van der Waals surface area contributed by atoms with Gasteiger partial charge in [-0.2, -0.15) is 0 Å². The lowest BCUT2D eigenvalue weighted by molar-refractivity contribution is 0.0711. The highest BCUT2D eigenvalue weighted by molar-refractivity contribution is 5.98. The average molecular weight is 239 g/mol. The Balaban J connectivity index is 2.20. The zero-order chi connectivity index (χ0) is 12.4. The minimum absolute atomic E-state index is 0.0187. The van der Waals surface area contributed by atoms with Crippen LogP contribution in [0.1, 0.15) is 16.8 Å². The zero-order valence-electron chi connectivity index (χ0n) is 9.52. The third kappa shape index (κ3) is 2.36. The van der Waals surface area contributed by atoms with Crippen molar-refractivity contribution in [1.29, 1.82) is 0 Å². The fourth-order valence-corrected chi connectivity index (χ4v) is 1.80. The molecule has 2 N–H and O–H groups in total. The Kier molecular flexibility index (Phi) is 3.23. The van der Waals surface area contributed by atoms with Gasteiger partial charge in [-0.25, -0.2) is 9.37 Å². The first kappa shape index (κ1) is 11.8. The van der Waals surface area contributed by atoms with Gasteiger partial charge in [0.25, 0.3) is 5.91 Å². The summed E-state index contributed by atoms with van der Waals surface area (Å²) in [7, 11) is 1.66. The second-order valence-corrected chi connectivity index (χ2v) is 4.02. The molecule has 1 unspecified atom stereocenters. The number of nitrogens with two attached hydrogens (primary N) is 1. The molecule has 2 heterocycles. The number of nitrogens with zero attached hydrogens (tertiary/aromatic N) is 2. The van der Waals surface area contributed by atoms with Gasteiger partial charge < -0.3 is 15.4 Å². The molecule has 2 rings (SSSR count). The molecule has 17 heavy (non-hydrogen) atoms. The maximum Gasteiger partial charge on any atom is 0.257 e. The molecule has 5 nitrogen and oxygen atoms in total. The SMILES string of the molecule is CN(C(=O)c1cc(F)cnc1N)C1CCOC1. The van der Waals surface area contributed by atoms with E-state index < -0.39 is 5.82 Å². The Hall–Kier alpha value is -1.69. The molecule has 1 aliphatic heterocycles. The predicted molar refractivity (Wildman–Crippen MR) is 59.9 cm³/mol. The molecule has 0 aromatic carbocycles. The summed E-state index contributed by atoms with van der Waals surface area (Å²) in [5.41, 5.74) is 5.67. The monoisotopic (exact) mass is 239 g/mol. The van der Waals surface area contributed by atoms with E-state index in [2.05, 4.69) is 4.98 Å². The van der Waals surface area contributed by atoms with Crippen LogP contribution >= 0.6 is 0 Å². The van der Waals surface area contributed by atoms with Crippen LogP contribution in [0.3, 0.4) is 0 Å². The summed E-state index contributed by atoms with van der Waals surface area (Å²) in [4.78, 5) is 17.2. The number of hydrogen-bond acceptors (Lipinski definition) is 4. The molecule has 6 heteroatoms. The topological polar surface area (TPSA) is 68.5 Å². The molecular weight excluding hydrogens is 225 g/mol. The number of nitrogen functional groups attached to an aromatic ring is 1. The molecule has 0 saturated carbocycles. The molecule has 1 saturated heterocycles. The highest BCUT2D eigenvalue weighted by Gasteiger charge is 2.26. The Morgan fingerprint density at radius 1 is 1.71 bits per heavy atom. The number of carbonyl (C=O) groups is 1. The molecular formula is C11H14FN3O2. The first-order valence-corrected chi connectivity index (χ1v) is 5.35. The van der Waals surface area contributed by atoms with Gasteiger partial charge >= 0.3 is 0 Å². The Morgan fingerprint density at radius 2 is 2.47 bits per heavy atom. The van der Waals surface area contributed by atoms with Gasteiger partial charge in [0.15, 0.2) is 0 Å². The number of ether oxygens (including phenoxy) is 1. The number of anilines is 1. The lowest BCUT2D eigenvalue weighted by atomic mass is 10.1. The van der Waals surface area contributed by atoms with Crippen LogP contribution in [-0.4, -0.2) is 42.1 Å². The molecule has 0 aliphatic carbocycles. The van der Waals surface area contributed by atoms with E-state index in [1.165, 1.54) is 4.90 Å². The fourth-order valence-electron chi connectivity index (χ4n) is 1.80. The number of pyridine rings is 1. The molecule has 0 radical (unpaired) electrons. The van der Waals surface area contributed by atoms with E-state index >= 15 is 0 Å². The maximum absolute atomic E-state index is 13.0. The van der Waals surface area contributed by atoms with Crippen LogP contribution in [0.25, 0.3) is 0 Å². The third-order valence-corrected chi connectivity index (χ3v) is 2.89. The van der Waals surface area contributed by atoms with Crippen molar-refractivity contribution in [2.24, 2.45) is 0 Å². The second-order valence-electron chi connectivity index (χ2n) is 4.02. The van der Waals surface area contributed by atoms with Gasteiger partial charge in [0.05, 0.1) is 24.4 Å². The summed E-state index contributed by atoms with van der Waals surface area (Å²) in [6.45, 7) is 1.14. The summed E-state index contributed by atoms with van der Waals surface area (Å²) in [6.07, 6.45) is 1.77. The zero-order valence-corrected chi connectivity index (χ0v) is 9.52. The number of amides is 1. The van der Waals surface area contributed by atoms with Crippen LogP contribution in [0.5, 0.6) is 0 Å². The molecule has 0 spiro atoms. The minimum atomic E-state index is -0.571. The highest BCUT2D eigenvalue weighted by atomic mass is 19.1. The van der Waals surface area contributed by atoms with Gasteiger partial charge in [0, 0.05) is 13.7 Å². The highest BCUT2D eigenvalue weighted by Crippen LogP contribution is 2.17. The van der Waals surface area contributed by atoms with Crippen LogP contribution in [-0.2, 0) is 4.74 Å². The number of hydrogen-bond donors (Lipinski definition) is 1. The van der Waals surface area contributed by atoms with E-state index in [0.29, 0.717) is 13.2 Å². The summed E-state index contributed by atoms with van der Waals surface area (Å²) in [5, 5.41) is 0. The van der Waals surface area contributed by atoms with E-state index in [1.807, 2.05) is 0 Å². The molecule has 92 valence electrons. The predicted octanol–water partition coefficient (Wildman–Crippen LogP) is 0.664. The van der Waals surface area contributed by atoms with Crippen molar-refractivity contribution >= 4 is 11.7 Å². The van der Waals surface area contributed by atoms with E-state index in [0.717, 1.165) is 18.7 Å². The smallest absolute Gasteiger partial charge is 0.257 e. The molecule has 1 atom stereocenters. The quantitative estimate of drug-likeness (QED) is 0.823. The second kappa shape index (κ2) is 4.67. The van der Waals surface area contributed by atoms with E-state index in [4.69, 9.17) is 10.5 Å².